The van der Waals surface area contributed by atoms with E-state index in [1.165, 1.54) is 6.08 Å². The molecule has 230 valence electrons. The van der Waals surface area contributed by atoms with Crippen molar-refractivity contribution in [3.05, 3.63) is 23.5 Å². The Morgan fingerprint density at radius 3 is 2.20 bits per heavy atom. The number of hydrogen-bond acceptors (Lipinski definition) is 9. The molecule has 0 saturated carbocycles. The highest BCUT2D eigenvalue weighted by Gasteiger charge is 2.47. The Hall–Kier alpha value is -1.35. The van der Waals surface area contributed by atoms with Crippen molar-refractivity contribution in [1.82, 2.24) is 4.90 Å². The van der Waals surface area contributed by atoms with E-state index >= 15 is 0 Å². The van der Waals surface area contributed by atoms with E-state index in [2.05, 4.69) is 21.3 Å². The highest BCUT2D eigenvalue weighted by Crippen LogP contribution is 2.36. The van der Waals surface area contributed by atoms with Crippen LogP contribution in [0.15, 0.2) is 23.5 Å². The molecule has 40 heavy (non-hydrogen) atoms. The quantitative estimate of drug-likeness (QED) is 0.358. The summed E-state index contributed by atoms with van der Waals surface area (Å²) >= 11 is 0. The number of allylic oxidation sites excluding steroid dienone is 3. The van der Waals surface area contributed by atoms with Gasteiger partial charge in [0.25, 0.3) is 0 Å². The second kappa shape index (κ2) is 15.8. The van der Waals surface area contributed by atoms with E-state index in [9.17, 15) is 14.7 Å². The molecule has 10 heteroatoms. The molecule has 0 aliphatic carbocycles. The van der Waals surface area contributed by atoms with Gasteiger partial charge >= 0.3 is 5.97 Å². The highest BCUT2D eigenvalue weighted by atomic mass is 31.0. The van der Waals surface area contributed by atoms with Gasteiger partial charge in [0.1, 0.15) is 12.2 Å². The van der Waals surface area contributed by atoms with Crippen LogP contribution in [0.5, 0.6) is 0 Å². The maximum absolute atomic E-state index is 13.0. The fraction of sp³-hybridized carbons (Fsp3) is 0.800. The lowest BCUT2D eigenvalue weighted by atomic mass is 9.83. The number of methoxy groups -OCH3 is 1. The second-order valence-corrected chi connectivity index (χ2v) is 12.4. The summed E-state index contributed by atoms with van der Waals surface area (Å²) < 4.78 is 30.6. The lowest BCUT2D eigenvalue weighted by Crippen LogP contribution is -2.60. The predicted molar refractivity (Wildman–Crippen MR) is 158 cm³/mol. The molecule has 1 saturated heterocycles. The summed E-state index contributed by atoms with van der Waals surface area (Å²) in [5, 5.41) is 10.5. The van der Waals surface area contributed by atoms with Crippen LogP contribution in [0, 0.1) is 23.7 Å². The number of ether oxygens (including phenoxy) is 4. The van der Waals surface area contributed by atoms with Gasteiger partial charge in [-0.15, -0.1) is 0 Å². The van der Waals surface area contributed by atoms with Gasteiger partial charge in [-0.3, -0.25) is 9.59 Å². The van der Waals surface area contributed by atoms with E-state index in [0.29, 0.717) is 12.0 Å². The number of hydrogen-bond donors (Lipinski definition) is 1. The Morgan fingerprint density at radius 2 is 1.62 bits per heavy atom. The topological polar surface area (TPSA) is 104 Å². The fourth-order valence-corrected chi connectivity index (χ4v) is 6.24. The van der Waals surface area contributed by atoms with Gasteiger partial charge < -0.3 is 33.5 Å². The van der Waals surface area contributed by atoms with Crippen LogP contribution < -0.4 is 0 Å². The number of carbonyl (C=O) groups is 2. The molecule has 0 aromatic carbocycles. The molecule has 0 radical (unpaired) electrons. The third kappa shape index (κ3) is 9.07. The van der Waals surface area contributed by atoms with Crippen molar-refractivity contribution in [1.29, 1.82) is 0 Å². The van der Waals surface area contributed by atoms with Crippen LogP contribution in [0.1, 0.15) is 67.7 Å². The average Bonchev–Trinajstić information content (AvgIpc) is 2.87. The minimum absolute atomic E-state index is 0.0402. The first-order chi connectivity index (χ1) is 18.7. The standard InChI is InChI=1S/C30H52NO8P/c1-16-11-12-23(32)17(2)13-18(3)28(27(35-10)19(4)14-25(34)36-20(5)15-24(16)33)38-30-29(39-40)26(31(8)9)21(6)22(7)37-30/h11-12,17-22,26-30,33H,13-15,40H2,1-10H3/b12-11+,24-16?/t17-,18+,19-,20-,21?,22?,26?,27+,28+,29?,30?/m1/s1. The Morgan fingerprint density at radius 1 is 0.975 bits per heavy atom. The number of ketones is 1. The van der Waals surface area contributed by atoms with Gasteiger partial charge in [0, 0.05) is 40.9 Å². The minimum Gasteiger partial charge on any atom is -0.512 e. The van der Waals surface area contributed by atoms with Crippen molar-refractivity contribution >= 4 is 21.2 Å². The molecule has 0 aromatic rings. The van der Waals surface area contributed by atoms with Gasteiger partial charge in [-0.25, -0.2) is 0 Å². The Bertz CT molecular complexity index is 908. The molecule has 2 rings (SSSR count). The maximum atomic E-state index is 13.0. The lowest BCUT2D eigenvalue weighted by molar-refractivity contribution is -0.292. The summed E-state index contributed by atoms with van der Waals surface area (Å²) in [5.41, 5.74) is 0.564. The first kappa shape index (κ1) is 34.8. The SMILES string of the molecule is CO[C@@H]1[C@@H](OC2OC(C)C(C)C(N(C)C)C2OP)[C@@H](C)C[C@@H](C)C(=O)/C=C/C(C)=C(O)C[C@@H](C)OC(=O)C[C@H]1C. The van der Waals surface area contributed by atoms with E-state index in [1.54, 1.807) is 27.0 Å². The highest BCUT2D eigenvalue weighted by molar-refractivity contribution is 7.09. The molecular formula is C30H52NO8P. The van der Waals surface area contributed by atoms with Gasteiger partial charge in [-0.1, -0.05) is 33.8 Å². The zero-order valence-corrected chi connectivity index (χ0v) is 27.1. The van der Waals surface area contributed by atoms with E-state index < -0.39 is 24.6 Å². The number of esters is 1. The van der Waals surface area contributed by atoms with Crippen molar-refractivity contribution in [2.45, 2.75) is 111 Å². The molecule has 12 atom stereocenters. The molecule has 2 aliphatic heterocycles. The molecule has 0 bridgehead atoms. The maximum Gasteiger partial charge on any atom is 0.306 e. The summed E-state index contributed by atoms with van der Waals surface area (Å²) in [6.07, 6.45) is 1.25. The molecular weight excluding hydrogens is 533 g/mol. The molecule has 6 unspecified atom stereocenters. The molecule has 1 N–H and O–H groups in total. The van der Waals surface area contributed by atoms with Gasteiger partial charge in [0.2, 0.25) is 0 Å². The van der Waals surface area contributed by atoms with Gasteiger partial charge in [-0.05, 0) is 64.8 Å². The molecule has 0 aromatic heterocycles. The number of cyclic esters (lactones) is 1. The van der Waals surface area contributed by atoms with Gasteiger partial charge in [-0.2, -0.15) is 0 Å². The first-order valence-electron chi connectivity index (χ1n) is 14.4. The van der Waals surface area contributed by atoms with E-state index in [1.807, 2.05) is 41.8 Å². The average molecular weight is 586 g/mol. The van der Waals surface area contributed by atoms with Crippen LogP contribution in [-0.4, -0.2) is 85.8 Å². The van der Waals surface area contributed by atoms with Gasteiger partial charge in [0.15, 0.2) is 12.1 Å². The summed E-state index contributed by atoms with van der Waals surface area (Å²) in [6.45, 7) is 13.5. The fourth-order valence-electron chi connectivity index (χ4n) is 5.95. The van der Waals surface area contributed by atoms with Crippen LogP contribution in [-0.2, 0) is 33.1 Å². The number of aliphatic hydroxyl groups excluding tert-OH is 1. The lowest BCUT2D eigenvalue weighted by Gasteiger charge is -2.48. The number of carbonyl (C=O) groups excluding carboxylic acids is 2. The second-order valence-electron chi connectivity index (χ2n) is 12.1. The molecule has 0 amide bonds. The first-order valence-corrected chi connectivity index (χ1v) is 14.8. The molecule has 1 fully saturated rings. The van der Waals surface area contributed by atoms with Crippen LogP contribution >= 0.6 is 9.47 Å². The molecule has 0 spiro atoms. The number of rotatable bonds is 5. The minimum atomic E-state index is -0.687. The number of aliphatic hydroxyl groups is 1. The third-order valence-electron chi connectivity index (χ3n) is 8.46. The van der Waals surface area contributed by atoms with Crippen LogP contribution in [0.4, 0.5) is 0 Å². The summed E-state index contributed by atoms with van der Waals surface area (Å²) in [6, 6.07) is 0.0426. The predicted octanol–water partition coefficient (Wildman–Crippen LogP) is 4.85. The van der Waals surface area contributed by atoms with Crippen molar-refractivity contribution in [3.8, 4) is 0 Å². The third-order valence-corrected chi connectivity index (χ3v) is 8.78. The summed E-state index contributed by atoms with van der Waals surface area (Å²) in [7, 11) is 8.01. The van der Waals surface area contributed by atoms with Crippen molar-refractivity contribution in [2.75, 3.05) is 21.2 Å². The number of nitrogens with zero attached hydrogens (tertiary/aromatic N) is 1. The van der Waals surface area contributed by atoms with E-state index in [0.717, 1.165) is 0 Å². The molecule has 2 aliphatic rings. The van der Waals surface area contributed by atoms with Crippen LogP contribution in [0.3, 0.4) is 0 Å². The van der Waals surface area contributed by atoms with Crippen molar-refractivity contribution in [2.24, 2.45) is 23.7 Å². The van der Waals surface area contributed by atoms with Crippen molar-refractivity contribution < 1.29 is 38.2 Å². The normalized spacial score (nSPS) is 40.2. The van der Waals surface area contributed by atoms with E-state index in [-0.39, 0.29) is 72.3 Å². The number of likely N-dealkylation sites (N-methyl/N-ethyl adjacent to an activating group) is 1. The Kier molecular flexibility index (Phi) is 13.7. The molecule has 2 heterocycles. The largest absolute Gasteiger partial charge is 0.512 e. The summed E-state index contributed by atoms with van der Waals surface area (Å²) in [5.74, 6) is -0.819. The zero-order valence-electron chi connectivity index (χ0n) is 26.0. The summed E-state index contributed by atoms with van der Waals surface area (Å²) in [4.78, 5) is 28.1. The zero-order chi connectivity index (χ0) is 30.3. The van der Waals surface area contributed by atoms with Crippen LogP contribution in [0.2, 0.25) is 0 Å². The van der Waals surface area contributed by atoms with Crippen LogP contribution in [0.25, 0.3) is 0 Å². The Balaban J connectivity index is 2.47. The monoisotopic (exact) mass is 585 g/mol. The molecule has 9 nitrogen and oxygen atoms in total. The van der Waals surface area contributed by atoms with Gasteiger partial charge in [0.05, 0.1) is 30.5 Å². The Labute approximate surface area is 243 Å². The van der Waals surface area contributed by atoms with Crippen molar-refractivity contribution in [3.63, 3.8) is 0 Å². The van der Waals surface area contributed by atoms with E-state index in [4.69, 9.17) is 23.5 Å². The smallest absolute Gasteiger partial charge is 0.306 e.